The first-order chi connectivity index (χ1) is 20.7. The number of aliphatic carboxylic acids is 1. The Balaban J connectivity index is 1.51. The van der Waals surface area contributed by atoms with E-state index < -0.39 is 29.4 Å². The van der Waals surface area contributed by atoms with E-state index in [1.54, 1.807) is 48.8 Å². The van der Waals surface area contributed by atoms with Gasteiger partial charge in [0.1, 0.15) is 23.4 Å². The Morgan fingerprint density at radius 3 is 2.55 bits per heavy atom. The number of carbonyl (C=O) groups excluding carboxylic acids is 2. The molecule has 0 aromatic heterocycles. The van der Waals surface area contributed by atoms with Crippen molar-refractivity contribution < 1.29 is 33.4 Å². The molecule has 0 radical (unpaired) electrons. The van der Waals surface area contributed by atoms with E-state index in [0.717, 1.165) is 5.56 Å². The smallest absolute Gasteiger partial charge is 0.307 e. The molecule has 2 amide bonds. The van der Waals surface area contributed by atoms with Crippen LogP contribution in [0.1, 0.15) is 56.0 Å². The summed E-state index contributed by atoms with van der Waals surface area (Å²) < 4.78 is 27.0. The normalized spacial score (nSPS) is 18.1. The molecule has 234 valence electrons. The number of likely N-dealkylation sites (tertiary alicyclic amines) is 1. The van der Waals surface area contributed by atoms with Crippen molar-refractivity contribution in [2.45, 2.75) is 64.7 Å². The second-order valence-corrected chi connectivity index (χ2v) is 12.0. The van der Waals surface area contributed by atoms with Gasteiger partial charge in [0.05, 0.1) is 12.0 Å². The van der Waals surface area contributed by atoms with Gasteiger partial charge in [-0.15, -0.1) is 0 Å². The third-order valence-electron chi connectivity index (χ3n) is 7.64. The van der Waals surface area contributed by atoms with Crippen LogP contribution in [0.25, 0.3) is 11.1 Å². The van der Waals surface area contributed by atoms with Crippen LogP contribution in [0.2, 0.25) is 0 Å². The number of rotatable bonds is 9. The summed E-state index contributed by atoms with van der Waals surface area (Å²) in [5.41, 5.74) is 7.24. The molecule has 44 heavy (non-hydrogen) atoms. The predicted molar refractivity (Wildman–Crippen MR) is 165 cm³/mol. The Morgan fingerprint density at radius 1 is 1.25 bits per heavy atom. The van der Waals surface area contributed by atoms with Crippen LogP contribution in [0.5, 0.6) is 5.75 Å². The van der Waals surface area contributed by atoms with Gasteiger partial charge < -0.3 is 30.1 Å². The van der Waals surface area contributed by atoms with Crippen LogP contribution in [0.15, 0.2) is 71.7 Å². The number of hydrogen-bond acceptors (Lipinski definition) is 6. The lowest BCUT2D eigenvalue weighted by Gasteiger charge is -2.44. The highest BCUT2D eigenvalue weighted by molar-refractivity contribution is 6.31. The molecule has 0 aliphatic carbocycles. The minimum absolute atomic E-state index is 0.0637. The van der Waals surface area contributed by atoms with Gasteiger partial charge in [-0.25, -0.2) is 4.39 Å². The van der Waals surface area contributed by atoms with E-state index in [2.05, 4.69) is 6.58 Å². The van der Waals surface area contributed by atoms with Crippen molar-refractivity contribution in [3.05, 3.63) is 88.7 Å². The molecule has 0 spiro atoms. The monoisotopic (exact) mass is 625 g/mol. The molecular formula is C33H37ClFN3O6. The summed E-state index contributed by atoms with van der Waals surface area (Å²) in [6, 6.07) is 9.48. The Labute approximate surface area is 261 Å². The number of carboxylic acids is 1. The number of amides is 2. The Hall–Kier alpha value is -4.31. The van der Waals surface area contributed by atoms with Crippen molar-refractivity contribution in [3.8, 4) is 16.9 Å². The summed E-state index contributed by atoms with van der Waals surface area (Å²) >= 11 is 6.18. The molecule has 0 saturated carbocycles. The van der Waals surface area contributed by atoms with Gasteiger partial charge >= 0.3 is 5.97 Å². The highest BCUT2D eigenvalue weighted by atomic mass is 35.5. The maximum Gasteiger partial charge on any atom is 0.307 e. The van der Waals surface area contributed by atoms with Gasteiger partial charge in [-0.3, -0.25) is 14.4 Å². The van der Waals surface area contributed by atoms with E-state index in [9.17, 15) is 14.4 Å². The quantitative estimate of drug-likeness (QED) is 0.342. The summed E-state index contributed by atoms with van der Waals surface area (Å²) in [6.45, 7) is 11.0. The SMILES string of the molecule is C=C/C(Cl)=C\C1=C(N)OC(C)(C)C(=O)N1C1CCN(C(=O)c2ccc(-c3ccc(C)cc3O[C@H](C)CC(=O)O)cc2F)CC1. The molecule has 1 atom stereocenters. The maximum absolute atomic E-state index is 15.5. The van der Waals surface area contributed by atoms with E-state index in [1.165, 1.54) is 24.3 Å². The summed E-state index contributed by atoms with van der Waals surface area (Å²) in [7, 11) is 0. The summed E-state index contributed by atoms with van der Waals surface area (Å²) in [5, 5.41) is 9.39. The topological polar surface area (TPSA) is 122 Å². The lowest BCUT2D eigenvalue weighted by Crippen LogP contribution is -2.57. The molecule has 0 unspecified atom stereocenters. The number of aryl methyl sites for hydroxylation is 1. The first-order valence-electron chi connectivity index (χ1n) is 14.3. The minimum atomic E-state index is -1.18. The van der Waals surface area contributed by atoms with Crippen LogP contribution >= 0.6 is 11.6 Å². The molecule has 4 rings (SSSR count). The number of ether oxygens (including phenoxy) is 2. The van der Waals surface area contributed by atoms with E-state index in [4.69, 9.17) is 31.9 Å². The average Bonchev–Trinajstić information content (AvgIpc) is 2.95. The fraction of sp³-hybridized carbons (Fsp3) is 0.364. The van der Waals surface area contributed by atoms with Crippen molar-refractivity contribution >= 4 is 29.4 Å². The fourth-order valence-electron chi connectivity index (χ4n) is 5.41. The number of carbonyl (C=O) groups is 3. The first kappa shape index (κ1) is 32.6. The maximum atomic E-state index is 15.5. The number of halogens is 2. The Bertz CT molecular complexity index is 1540. The molecule has 2 heterocycles. The van der Waals surface area contributed by atoms with E-state index >= 15 is 4.39 Å². The van der Waals surface area contributed by atoms with E-state index in [1.807, 2.05) is 13.0 Å². The number of nitrogens with zero attached hydrogens (tertiary/aromatic N) is 2. The molecule has 2 aromatic rings. The van der Waals surface area contributed by atoms with Crippen LogP contribution in [-0.4, -0.2) is 63.5 Å². The lowest BCUT2D eigenvalue weighted by molar-refractivity contribution is -0.155. The summed E-state index contributed by atoms with van der Waals surface area (Å²) in [6.07, 6.45) is 3.04. The van der Waals surface area contributed by atoms with Crippen molar-refractivity contribution in [1.82, 2.24) is 9.80 Å². The standard InChI is InChI=1S/C33H37ClFN3O6/c1-6-22(34)18-27-30(36)44-33(4,5)32(42)38(27)23-11-13-37(14-12-23)31(41)25-10-8-21(17-26(25)35)24-9-7-19(2)15-28(24)43-20(3)16-29(39)40/h6-10,15,17-18,20,23H,1,11-14,16,36H2,2-5H3,(H,39,40)/b22-18+/t20-/m1/s1. The number of benzene rings is 2. The molecule has 2 aliphatic rings. The van der Waals surface area contributed by atoms with Crippen LogP contribution in [0.4, 0.5) is 4.39 Å². The minimum Gasteiger partial charge on any atom is -0.489 e. The lowest BCUT2D eigenvalue weighted by atomic mass is 9.96. The van der Waals surface area contributed by atoms with Crippen molar-refractivity contribution in [3.63, 3.8) is 0 Å². The second kappa shape index (κ2) is 13.1. The van der Waals surface area contributed by atoms with Gasteiger partial charge in [-0.2, -0.15) is 0 Å². The molecule has 2 aromatic carbocycles. The van der Waals surface area contributed by atoms with Gasteiger partial charge in [-0.1, -0.05) is 42.5 Å². The van der Waals surface area contributed by atoms with Gasteiger partial charge in [0.15, 0.2) is 5.60 Å². The second-order valence-electron chi connectivity index (χ2n) is 11.5. The zero-order chi connectivity index (χ0) is 32.3. The largest absolute Gasteiger partial charge is 0.489 e. The molecular weight excluding hydrogens is 589 g/mol. The van der Waals surface area contributed by atoms with Crippen LogP contribution in [0.3, 0.4) is 0 Å². The van der Waals surface area contributed by atoms with Crippen molar-refractivity contribution in [2.24, 2.45) is 5.73 Å². The molecule has 0 bridgehead atoms. The number of nitrogens with two attached hydrogens (primary N) is 1. The first-order valence-corrected chi connectivity index (χ1v) is 14.7. The fourth-order valence-corrected chi connectivity index (χ4v) is 5.51. The number of carboxylic acid groups (broad SMARTS) is 1. The van der Waals surface area contributed by atoms with Gasteiger partial charge in [0.2, 0.25) is 5.88 Å². The molecule has 9 nitrogen and oxygen atoms in total. The van der Waals surface area contributed by atoms with Gasteiger partial charge in [-0.05, 0) is 75.9 Å². The highest BCUT2D eigenvalue weighted by Crippen LogP contribution is 2.35. The van der Waals surface area contributed by atoms with Gasteiger partial charge in [0, 0.05) is 29.7 Å². The van der Waals surface area contributed by atoms with Crippen molar-refractivity contribution in [2.75, 3.05) is 13.1 Å². The third kappa shape index (κ3) is 7.07. The Morgan fingerprint density at radius 2 is 1.93 bits per heavy atom. The average molecular weight is 626 g/mol. The van der Waals surface area contributed by atoms with Crippen LogP contribution in [-0.2, 0) is 14.3 Å². The molecule has 1 saturated heterocycles. The third-order valence-corrected chi connectivity index (χ3v) is 7.90. The number of allylic oxidation sites excluding steroid dienone is 3. The summed E-state index contributed by atoms with van der Waals surface area (Å²) in [5.74, 6) is -1.92. The van der Waals surface area contributed by atoms with Gasteiger partial charge in [0.25, 0.3) is 11.8 Å². The van der Waals surface area contributed by atoms with E-state index in [0.29, 0.717) is 48.5 Å². The molecule has 1 fully saturated rings. The zero-order valence-corrected chi connectivity index (χ0v) is 26.0. The number of piperidine rings is 1. The van der Waals surface area contributed by atoms with Crippen molar-refractivity contribution in [1.29, 1.82) is 0 Å². The number of hydrogen-bond donors (Lipinski definition) is 2. The molecule has 3 N–H and O–H groups in total. The van der Waals surface area contributed by atoms with Crippen LogP contribution < -0.4 is 10.5 Å². The predicted octanol–water partition coefficient (Wildman–Crippen LogP) is 5.72. The zero-order valence-electron chi connectivity index (χ0n) is 25.2. The summed E-state index contributed by atoms with van der Waals surface area (Å²) in [4.78, 5) is 41.1. The highest BCUT2D eigenvalue weighted by Gasteiger charge is 2.45. The van der Waals surface area contributed by atoms with Crippen LogP contribution in [0, 0.1) is 12.7 Å². The molecule has 11 heteroatoms. The Kier molecular flexibility index (Phi) is 9.73. The van der Waals surface area contributed by atoms with E-state index in [-0.39, 0.29) is 34.8 Å². The molecule has 2 aliphatic heterocycles.